The van der Waals surface area contributed by atoms with E-state index in [4.69, 9.17) is 4.74 Å². The topological polar surface area (TPSA) is 26.3 Å². The molecule has 0 amide bonds. The van der Waals surface area contributed by atoms with Crippen LogP contribution in [0.15, 0.2) is 23.3 Å². The van der Waals surface area contributed by atoms with Crippen molar-refractivity contribution in [1.29, 1.82) is 0 Å². The Labute approximate surface area is 111 Å². The average Bonchev–Trinajstić information content (AvgIpc) is 2.27. The van der Waals surface area contributed by atoms with Crippen LogP contribution in [0, 0.1) is 5.41 Å². The fraction of sp³-hybridized carbons (Fsp3) is 0.688. The highest BCUT2D eigenvalue weighted by Crippen LogP contribution is 2.40. The molecule has 1 atom stereocenters. The molecule has 1 aliphatic rings. The van der Waals surface area contributed by atoms with Gasteiger partial charge in [0.2, 0.25) is 0 Å². The Balaban J connectivity index is 2.73. The molecule has 2 nitrogen and oxygen atoms in total. The monoisotopic (exact) mass is 250 g/mol. The van der Waals surface area contributed by atoms with Gasteiger partial charge < -0.3 is 4.74 Å². The van der Waals surface area contributed by atoms with E-state index in [9.17, 15) is 4.79 Å². The van der Waals surface area contributed by atoms with E-state index < -0.39 is 0 Å². The summed E-state index contributed by atoms with van der Waals surface area (Å²) in [5.41, 5.74) is 2.97. The number of carbonyl (C=O) groups excluding carboxylic acids is 1. The third kappa shape index (κ3) is 4.09. The summed E-state index contributed by atoms with van der Waals surface area (Å²) >= 11 is 0. The lowest BCUT2D eigenvalue weighted by molar-refractivity contribution is -0.116. The van der Waals surface area contributed by atoms with E-state index in [2.05, 4.69) is 20.8 Å². The molecule has 0 aliphatic heterocycles. The van der Waals surface area contributed by atoms with Gasteiger partial charge in [-0.2, -0.15) is 0 Å². The van der Waals surface area contributed by atoms with E-state index in [0.29, 0.717) is 6.42 Å². The highest BCUT2D eigenvalue weighted by atomic mass is 16.5. The van der Waals surface area contributed by atoms with Gasteiger partial charge in [0.05, 0.1) is 6.10 Å². The third-order valence-corrected chi connectivity index (χ3v) is 3.87. The smallest absolute Gasteiger partial charge is 0.158 e. The molecule has 1 unspecified atom stereocenters. The van der Waals surface area contributed by atoms with Gasteiger partial charge in [0, 0.05) is 13.5 Å². The van der Waals surface area contributed by atoms with E-state index in [-0.39, 0.29) is 17.3 Å². The van der Waals surface area contributed by atoms with Crippen LogP contribution in [-0.2, 0) is 9.53 Å². The first-order chi connectivity index (χ1) is 8.36. The molecule has 0 radical (unpaired) electrons. The molecule has 1 aliphatic carbocycles. The van der Waals surface area contributed by atoms with Gasteiger partial charge in [-0.3, -0.25) is 4.79 Å². The van der Waals surface area contributed by atoms with Gasteiger partial charge in [-0.05, 0) is 50.2 Å². The average molecular weight is 250 g/mol. The molecule has 0 aromatic heterocycles. The first kappa shape index (κ1) is 15.2. The van der Waals surface area contributed by atoms with Crippen molar-refractivity contribution in [1.82, 2.24) is 0 Å². The lowest BCUT2D eigenvalue weighted by Crippen LogP contribution is -2.19. The third-order valence-electron chi connectivity index (χ3n) is 3.87. The summed E-state index contributed by atoms with van der Waals surface area (Å²) in [5.74, 6) is 0.144. The number of methoxy groups -OCH3 is 1. The van der Waals surface area contributed by atoms with Crippen molar-refractivity contribution in [2.75, 3.05) is 7.11 Å². The second kappa shape index (κ2) is 6.33. The zero-order chi connectivity index (χ0) is 13.8. The molecule has 0 saturated carbocycles. The van der Waals surface area contributed by atoms with Crippen LogP contribution in [0.1, 0.15) is 53.4 Å². The zero-order valence-corrected chi connectivity index (χ0v) is 12.4. The second-order valence-corrected chi connectivity index (χ2v) is 5.98. The molecule has 0 aromatic rings. The van der Waals surface area contributed by atoms with Gasteiger partial charge in [0.15, 0.2) is 5.78 Å². The molecule has 18 heavy (non-hydrogen) atoms. The Bertz CT molecular complexity index is 361. The maximum atomic E-state index is 11.8. The summed E-state index contributed by atoms with van der Waals surface area (Å²) in [6, 6.07) is 0. The zero-order valence-electron chi connectivity index (χ0n) is 12.4. The maximum absolute atomic E-state index is 11.8. The summed E-state index contributed by atoms with van der Waals surface area (Å²) in [6.45, 7) is 8.62. The van der Waals surface area contributed by atoms with Crippen LogP contribution in [0.25, 0.3) is 0 Å². The lowest BCUT2D eigenvalue weighted by atomic mass is 9.72. The highest BCUT2D eigenvalue weighted by molar-refractivity contribution is 5.90. The Morgan fingerprint density at radius 1 is 1.50 bits per heavy atom. The molecule has 0 bridgehead atoms. The molecule has 0 N–H and O–H groups in total. The van der Waals surface area contributed by atoms with Crippen molar-refractivity contribution in [3.8, 4) is 0 Å². The van der Waals surface area contributed by atoms with Crippen molar-refractivity contribution in [2.24, 2.45) is 5.41 Å². The van der Waals surface area contributed by atoms with E-state index in [1.165, 1.54) is 24.0 Å². The molecular weight excluding hydrogens is 224 g/mol. The maximum Gasteiger partial charge on any atom is 0.158 e. The Kier molecular flexibility index (Phi) is 5.33. The van der Waals surface area contributed by atoms with Crippen molar-refractivity contribution < 1.29 is 9.53 Å². The first-order valence-corrected chi connectivity index (χ1v) is 6.81. The van der Waals surface area contributed by atoms with Crippen LogP contribution in [0.4, 0.5) is 0 Å². The van der Waals surface area contributed by atoms with Gasteiger partial charge in [-0.1, -0.05) is 25.5 Å². The summed E-state index contributed by atoms with van der Waals surface area (Å²) in [5, 5.41) is 0. The normalized spacial score (nSPS) is 21.4. The van der Waals surface area contributed by atoms with Crippen LogP contribution < -0.4 is 0 Å². The van der Waals surface area contributed by atoms with E-state index >= 15 is 0 Å². The minimum atomic E-state index is -0.00316. The van der Waals surface area contributed by atoms with Crippen molar-refractivity contribution in [2.45, 2.75) is 59.5 Å². The number of ether oxygens (including phenoxy) is 1. The number of allylic oxidation sites excluding steroid dienone is 4. The standard InChI is InChI=1S/C16H26O2/c1-12-7-6-10-16(3,4)15(12)9-8-14(17)11-13(2)18-5/h8-9,13H,6-7,10-11H2,1-5H3. The Morgan fingerprint density at radius 3 is 2.72 bits per heavy atom. The van der Waals surface area contributed by atoms with Crippen molar-refractivity contribution >= 4 is 5.78 Å². The van der Waals surface area contributed by atoms with E-state index in [1.54, 1.807) is 13.2 Å². The fourth-order valence-corrected chi connectivity index (χ4v) is 2.62. The number of carbonyl (C=O) groups is 1. The summed E-state index contributed by atoms with van der Waals surface area (Å²) in [7, 11) is 1.64. The van der Waals surface area contributed by atoms with Gasteiger partial charge in [0.25, 0.3) is 0 Å². The minimum Gasteiger partial charge on any atom is -0.381 e. The number of hydrogen-bond acceptors (Lipinski definition) is 2. The fourth-order valence-electron chi connectivity index (χ4n) is 2.62. The number of rotatable bonds is 5. The predicted octanol–water partition coefficient (Wildman–Crippen LogP) is 4.06. The molecule has 0 aromatic carbocycles. The molecule has 0 heterocycles. The van der Waals surface area contributed by atoms with Crippen LogP contribution >= 0.6 is 0 Å². The van der Waals surface area contributed by atoms with Crippen molar-refractivity contribution in [3.63, 3.8) is 0 Å². The van der Waals surface area contributed by atoms with Gasteiger partial charge in [0.1, 0.15) is 0 Å². The molecule has 102 valence electrons. The van der Waals surface area contributed by atoms with Crippen molar-refractivity contribution in [3.05, 3.63) is 23.3 Å². The van der Waals surface area contributed by atoms with Gasteiger partial charge in [-0.25, -0.2) is 0 Å². The second-order valence-electron chi connectivity index (χ2n) is 5.98. The molecule has 1 rings (SSSR count). The van der Waals surface area contributed by atoms with Crippen LogP contribution in [-0.4, -0.2) is 19.0 Å². The summed E-state index contributed by atoms with van der Waals surface area (Å²) < 4.78 is 5.11. The van der Waals surface area contributed by atoms with Crippen LogP contribution in [0.5, 0.6) is 0 Å². The number of ketones is 1. The molecule has 0 saturated heterocycles. The molecule has 2 heteroatoms. The first-order valence-electron chi connectivity index (χ1n) is 6.81. The number of hydrogen-bond donors (Lipinski definition) is 0. The van der Waals surface area contributed by atoms with Crippen LogP contribution in [0.3, 0.4) is 0 Å². The Hall–Kier alpha value is -0.890. The summed E-state index contributed by atoms with van der Waals surface area (Å²) in [4.78, 5) is 11.8. The predicted molar refractivity (Wildman–Crippen MR) is 75.6 cm³/mol. The van der Waals surface area contributed by atoms with E-state index in [0.717, 1.165) is 6.42 Å². The largest absolute Gasteiger partial charge is 0.381 e. The molecule has 0 spiro atoms. The quantitative estimate of drug-likeness (QED) is 0.688. The highest BCUT2D eigenvalue weighted by Gasteiger charge is 2.26. The molecular formula is C16H26O2. The molecule has 0 fully saturated rings. The SMILES string of the molecule is COC(C)CC(=O)C=CC1=C(C)CCCC1(C)C. The lowest BCUT2D eigenvalue weighted by Gasteiger charge is -2.32. The van der Waals surface area contributed by atoms with Gasteiger partial charge in [-0.15, -0.1) is 0 Å². The minimum absolute atomic E-state index is 0.00316. The van der Waals surface area contributed by atoms with E-state index in [1.807, 2.05) is 13.0 Å². The van der Waals surface area contributed by atoms with Crippen LogP contribution in [0.2, 0.25) is 0 Å². The Morgan fingerprint density at radius 2 is 2.17 bits per heavy atom. The summed E-state index contributed by atoms with van der Waals surface area (Å²) in [6.07, 6.45) is 7.82. The van der Waals surface area contributed by atoms with Gasteiger partial charge >= 0.3 is 0 Å².